The van der Waals surface area contributed by atoms with Crippen molar-refractivity contribution >= 4 is 11.6 Å². The molecule has 172 valence electrons. The summed E-state index contributed by atoms with van der Waals surface area (Å²) in [5, 5.41) is 3.00. The third-order valence-corrected chi connectivity index (χ3v) is 5.68. The van der Waals surface area contributed by atoms with Gasteiger partial charge in [0.2, 0.25) is 0 Å². The van der Waals surface area contributed by atoms with Gasteiger partial charge in [-0.25, -0.2) is 9.97 Å². The summed E-state index contributed by atoms with van der Waals surface area (Å²) in [4.78, 5) is 28.4. The minimum Gasteiger partial charge on any atom is -0.322 e. The van der Waals surface area contributed by atoms with E-state index in [9.17, 15) is 4.79 Å². The van der Waals surface area contributed by atoms with Crippen LogP contribution in [-0.4, -0.2) is 46.4 Å². The van der Waals surface area contributed by atoms with E-state index in [-0.39, 0.29) is 5.91 Å². The van der Waals surface area contributed by atoms with Gasteiger partial charge in [-0.3, -0.25) is 9.78 Å². The maximum absolute atomic E-state index is 12.9. The quantitative estimate of drug-likeness (QED) is 0.417. The van der Waals surface area contributed by atoms with Gasteiger partial charge in [0.1, 0.15) is 5.82 Å². The summed E-state index contributed by atoms with van der Waals surface area (Å²) >= 11 is 0. The van der Waals surface area contributed by atoms with Crippen molar-refractivity contribution in [1.82, 2.24) is 19.9 Å². The number of carbonyl (C=O) groups is 1. The lowest BCUT2D eigenvalue weighted by Gasteiger charge is -2.11. The Bertz CT molecular complexity index is 1250. The Morgan fingerprint density at radius 3 is 2.56 bits per heavy atom. The molecule has 0 radical (unpaired) electrons. The molecule has 2 aromatic carbocycles. The number of likely N-dealkylation sites (N-methyl/N-ethyl adjacent to an activating group) is 1. The Labute approximate surface area is 200 Å². The first-order valence-corrected chi connectivity index (χ1v) is 11.3. The zero-order valence-electron chi connectivity index (χ0n) is 19.8. The second-order valence-corrected chi connectivity index (χ2v) is 8.62. The van der Waals surface area contributed by atoms with Crippen LogP contribution in [0.15, 0.2) is 79.3 Å². The van der Waals surface area contributed by atoms with Crippen LogP contribution in [0.1, 0.15) is 32.9 Å². The number of hydrogen-bond acceptors (Lipinski definition) is 5. The minimum atomic E-state index is -0.132. The molecule has 0 bridgehead atoms. The highest BCUT2D eigenvalue weighted by atomic mass is 16.1. The van der Waals surface area contributed by atoms with Gasteiger partial charge in [-0.2, -0.15) is 0 Å². The van der Waals surface area contributed by atoms with Crippen molar-refractivity contribution in [1.29, 1.82) is 0 Å². The predicted molar refractivity (Wildman–Crippen MR) is 136 cm³/mol. The summed E-state index contributed by atoms with van der Waals surface area (Å²) in [6.07, 6.45) is 6.81. The van der Waals surface area contributed by atoms with Crippen molar-refractivity contribution in [3.63, 3.8) is 0 Å². The van der Waals surface area contributed by atoms with Crippen molar-refractivity contribution < 1.29 is 4.79 Å². The molecular formula is C28H29N5O. The largest absolute Gasteiger partial charge is 0.322 e. The van der Waals surface area contributed by atoms with Crippen LogP contribution in [0.4, 0.5) is 5.69 Å². The van der Waals surface area contributed by atoms with E-state index in [0.717, 1.165) is 41.0 Å². The fourth-order valence-corrected chi connectivity index (χ4v) is 3.64. The summed E-state index contributed by atoms with van der Waals surface area (Å²) in [6.45, 7) is 3.03. The first-order chi connectivity index (χ1) is 16.5. The Balaban J connectivity index is 1.46. The molecule has 0 unspecified atom stereocenters. The number of hydrogen-bond donors (Lipinski definition) is 1. The summed E-state index contributed by atoms with van der Waals surface area (Å²) in [6, 6.07) is 19.5. The van der Waals surface area contributed by atoms with Crippen molar-refractivity contribution in [3.8, 4) is 11.3 Å². The topological polar surface area (TPSA) is 71.0 Å². The van der Waals surface area contributed by atoms with Gasteiger partial charge in [0, 0.05) is 48.4 Å². The number of carbonyl (C=O) groups excluding carboxylic acids is 1. The zero-order chi connectivity index (χ0) is 23.9. The van der Waals surface area contributed by atoms with Crippen molar-refractivity contribution in [2.75, 3.05) is 26.0 Å². The number of nitrogens with zero attached hydrogens (tertiary/aromatic N) is 4. The number of nitrogens with one attached hydrogen (secondary N) is 1. The summed E-state index contributed by atoms with van der Waals surface area (Å²) < 4.78 is 0. The number of rotatable bonds is 8. The molecule has 0 aliphatic carbocycles. The molecule has 0 saturated carbocycles. The lowest BCUT2D eigenvalue weighted by atomic mass is 10.0. The summed E-state index contributed by atoms with van der Waals surface area (Å²) in [5.41, 5.74) is 6.54. The van der Waals surface area contributed by atoms with Crippen LogP contribution in [0.5, 0.6) is 0 Å². The molecule has 4 aromatic rings. The van der Waals surface area contributed by atoms with Crippen molar-refractivity contribution in [3.05, 3.63) is 107 Å². The predicted octanol–water partition coefficient (Wildman–Crippen LogP) is 4.79. The third kappa shape index (κ3) is 6.11. The van der Waals surface area contributed by atoms with E-state index in [1.165, 1.54) is 5.56 Å². The van der Waals surface area contributed by atoms with Crippen LogP contribution in [-0.2, 0) is 12.8 Å². The normalized spacial score (nSPS) is 10.9. The van der Waals surface area contributed by atoms with Crippen LogP contribution in [0.3, 0.4) is 0 Å². The molecule has 0 aliphatic rings. The summed E-state index contributed by atoms with van der Waals surface area (Å²) in [7, 11) is 4.13. The third-order valence-electron chi connectivity index (χ3n) is 5.68. The van der Waals surface area contributed by atoms with Gasteiger partial charge in [-0.05, 0) is 86.6 Å². The molecule has 6 nitrogen and oxygen atoms in total. The lowest BCUT2D eigenvalue weighted by Crippen LogP contribution is -2.15. The smallest absolute Gasteiger partial charge is 0.255 e. The fraction of sp³-hybridized carbons (Fsp3) is 0.214. The highest BCUT2D eigenvalue weighted by molar-refractivity contribution is 6.04. The van der Waals surface area contributed by atoms with Crippen LogP contribution < -0.4 is 5.32 Å². The van der Waals surface area contributed by atoms with Crippen LogP contribution in [0, 0.1) is 6.92 Å². The molecule has 1 amide bonds. The molecule has 6 heteroatoms. The van der Waals surface area contributed by atoms with E-state index in [1.807, 2.05) is 55.5 Å². The van der Waals surface area contributed by atoms with Gasteiger partial charge >= 0.3 is 0 Å². The first-order valence-electron chi connectivity index (χ1n) is 11.3. The van der Waals surface area contributed by atoms with E-state index in [0.29, 0.717) is 17.8 Å². The SMILES string of the molecule is Cc1ccc(C(=O)Nc2ccc(CCN(C)C)cc2)cc1Cc1nccc(-c2cccnc2)n1. The maximum atomic E-state index is 12.9. The van der Waals surface area contributed by atoms with Gasteiger partial charge in [-0.1, -0.05) is 18.2 Å². The molecule has 1 N–H and O–H groups in total. The Morgan fingerprint density at radius 2 is 1.82 bits per heavy atom. The molecule has 0 fully saturated rings. The molecule has 0 spiro atoms. The number of aromatic nitrogens is 3. The zero-order valence-corrected chi connectivity index (χ0v) is 19.8. The molecule has 0 saturated heterocycles. The second kappa shape index (κ2) is 10.8. The van der Waals surface area contributed by atoms with Crippen LogP contribution >= 0.6 is 0 Å². The molecule has 2 aromatic heterocycles. The number of benzene rings is 2. The van der Waals surface area contributed by atoms with Gasteiger partial charge in [0.05, 0.1) is 5.69 Å². The average molecular weight is 452 g/mol. The second-order valence-electron chi connectivity index (χ2n) is 8.62. The van der Waals surface area contributed by atoms with Gasteiger partial charge in [-0.15, -0.1) is 0 Å². The van der Waals surface area contributed by atoms with Crippen LogP contribution in [0.2, 0.25) is 0 Å². The standard InChI is InChI=1S/C28H29N5O/c1-20-6-9-22(28(34)31-25-10-7-21(8-11-25)13-16-33(2)3)17-24(20)18-27-30-15-12-26(32-27)23-5-4-14-29-19-23/h4-12,14-15,17,19H,13,16,18H2,1-3H3,(H,31,34). The molecule has 0 aliphatic heterocycles. The van der Waals surface area contributed by atoms with E-state index in [1.54, 1.807) is 18.6 Å². The molecule has 4 rings (SSSR count). The van der Waals surface area contributed by atoms with Crippen LogP contribution in [0.25, 0.3) is 11.3 Å². The number of anilines is 1. The van der Waals surface area contributed by atoms with E-state index >= 15 is 0 Å². The number of pyridine rings is 1. The van der Waals surface area contributed by atoms with Crippen molar-refractivity contribution in [2.45, 2.75) is 19.8 Å². The molecular weight excluding hydrogens is 422 g/mol. The van der Waals surface area contributed by atoms with Crippen molar-refractivity contribution in [2.24, 2.45) is 0 Å². The monoisotopic (exact) mass is 451 g/mol. The highest BCUT2D eigenvalue weighted by Gasteiger charge is 2.11. The van der Waals surface area contributed by atoms with E-state index in [2.05, 4.69) is 46.4 Å². The molecule has 2 heterocycles. The lowest BCUT2D eigenvalue weighted by molar-refractivity contribution is 0.102. The Hall–Kier alpha value is -3.90. The van der Waals surface area contributed by atoms with Gasteiger partial charge in [0.15, 0.2) is 0 Å². The fourth-order valence-electron chi connectivity index (χ4n) is 3.64. The van der Waals surface area contributed by atoms with E-state index in [4.69, 9.17) is 4.98 Å². The molecule has 34 heavy (non-hydrogen) atoms. The first kappa shape index (κ1) is 23.3. The Kier molecular flexibility index (Phi) is 7.40. The molecule has 0 atom stereocenters. The average Bonchev–Trinajstić information content (AvgIpc) is 2.85. The number of aryl methyl sites for hydroxylation is 1. The van der Waals surface area contributed by atoms with E-state index < -0.39 is 0 Å². The number of amides is 1. The van der Waals surface area contributed by atoms with Gasteiger partial charge in [0.25, 0.3) is 5.91 Å². The highest BCUT2D eigenvalue weighted by Crippen LogP contribution is 2.19. The summed E-state index contributed by atoms with van der Waals surface area (Å²) in [5.74, 6) is 0.572. The minimum absolute atomic E-state index is 0.132. The maximum Gasteiger partial charge on any atom is 0.255 e. The Morgan fingerprint density at radius 1 is 1.00 bits per heavy atom. The van der Waals surface area contributed by atoms with Gasteiger partial charge < -0.3 is 10.2 Å².